The van der Waals surface area contributed by atoms with E-state index in [9.17, 15) is 14.4 Å². The highest BCUT2D eigenvalue weighted by Gasteiger charge is 2.58. The Balaban J connectivity index is 1.54. The zero-order chi connectivity index (χ0) is 33.6. The Hall–Kier alpha value is -3.19. The third kappa shape index (κ3) is 6.90. The number of likely N-dealkylation sites (tertiary alicyclic amines) is 2. The molecule has 1 amide bonds. The number of piperidine rings is 1. The van der Waals surface area contributed by atoms with Crippen molar-refractivity contribution in [2.75, 3.05) is 38.5 Å². The van der Waals surface area contributed by atoms with Gasteiger partial charge in [0.05, 0.1) is 29.8 Å². The normalized spacial score (nSPS) is 26.4. The van der Waals surface area contributed by atoms with Crippen molar-refractivity contribution in [3.8, 4) is 0 Å². The van der Waals surface area contributed by atoms with E-state index in [0.29, 0.717) is 36.1 Å². The summed E-state index contributed by atoms with van der Waals surface area (Å²) in [7, 11) is 2.01. The highest BCUT2D eigenvalue weighted by Crippen LogP contribution is 2.48. The number of rotatable bonds is 9. The van der Waals surface area contributed by atoms with Crippen LogP contribution in [0.4, 0.5) is 14.6 Å². The second-order valence-electron chi connectivity index (χ2n) is 14.4. The lowest BCUT2D eigenvalue weighted by molar-refractivity contribution is -0.174. The molecule has 0 radical (unpaired) electrons. The first-order valence-corrected chi connectivity index (χ1v) is 16.5. The number of amides is 1. The lowest BCUT2D eigenvalue weighted by Gasteiger charge is -2.45. The highest BCUT2D eigenvalue weighted by atomic mass is 19.3. The standard InChI is InChI=1S/C33H48F2N6O5/c1-19(2)29(42)38-27-23-8-11-41(28(23)37-18-36-27)24-14-22(25(45-30(43)20(3)4)26(24)46-31(44)21(5)6)15-40-17-33(34,35)16-32(40)9-12-39(7)13-10-32/h8,11,18-22,24-26H,9-10,12-17H2,1-7H3,(H,36,37,38,42)/t22-,24-,25-,26+/m1/s1. The molecule has 11 nitrogen and oxygen atoms in total. The van der Waals surface area contributed by atoms with Gasteiger partial charge in [0.25, 0.3) is 5.92 Å². The number of hydrogen-bond acceptors (Lipinski definition) is 9. The number of nitrogens with zero attached hydrogens (tertiary/aromatic N) is 5. The number of carbonyl (C=O) groups excluding carboxylic acids is 3. The van der Waals surface area contributed by atoms with Crippen LogP contribution < -0.4 is 5.32 Å². The van der Waals surface area contributed by atoms with Crippen LogP contribution in [-0.4, -0.2) is 99.1 Å². The molecule has 2 saturated heterocycles. The molecule has 2 aliphatic heterocycles. The third-order valence-corrected chi connectivity index (χ3v) is 9.85. The fraction of sp³-hybridized carbons (Fsp3) is 0.727. The predicted octanol–water partition coefficient (Wildman–Crippen LogP) is 4.53. The zero-order valence-electron chi connectivity index (χ0n) is 28.0. The minimum absolute atomic E-state index is 0.191. The van der Waals surface area contributed by atoms with Gasteiger partial charge in [0.15, 0.2) is 6.10 Å². The van der Waals surface area contributed by atoms with Gasteiger partial charge in [-0.15, -0.1) is 0 Å². The van der Waals surface area contributed by atoms with Gasteiger partial charge in [-0.05, 0) is 45.5 Å². The molecule has 1 aliphatic carbocycles. The predicted molar refractivity (Wildman–Crippen MR) is 168 cm³/mol. The fourth-order valence-corrected chi connectivity index (χ4v) is 7.13. The minimum atomic E-state index is -2.83. The van der Waals surface area contributed by atoms with Crippen molar-refractivity contribution in [2.24, 2.45) is 23.7 Å². The van der Waals surface area contributed by atoms with Crippen molar-refractivity contribution in [3.63, 3.8) is 0 Å². The van der Waals surface area contributed by atoms with Gasteiger partial charge in [0.1, 0.15) is 23.9 Å². The van der Waals surface area contributed by atoms with Crippen LogP contribution in [0.25, 0.3) is 11.0 Å². The maximum absolute atomic E-state index is 15.1. The first-order chi connectivity index (χ1) is 21.6. The maximum atomic E-state index is 15.1. The largest absolute Gasteiger partial charge is 0.458 e. The molecular weight excluding hydrogens is 598 g/mol. The lowest BCUT2D eigenvalue weighted by atomic mass is 9.84. The van der Waals surface area contributed by atoms with E-state index in [1.807, 2.05) is 16.5 Å². The minimum Gasteiger partial charge on any atom is -0.458 e. The Morgan fingerprint density at radius 2 is 1.61 bits per heavy atom. The number of hydrogen-bond donors (Lipinski definition) is 1. The van der Waals surface area contributed by atoms with Crippen LogP contribution in [0.15, 0.2) is 18.6 Å². The van der Waals surface area contributed by atoms with Crippen LogP contribution in [0.2, 0.25) is 0 Å². The summed E-state index contributed by atoms with van der Waals surface area (Å²) in [5, 5.41) is 3.46. The fourth-order valence-electron chi connectivity index (χ4n) is 7.13. The first kappa shape index (κ1) is 34.2. The number of halogens is 2. The summed E-state index contributed by atoms with van der Waals surface area (Å²) >= 11 is 0. The van der Waals surface area contributed by atoms with Gasteiger partial charge < -0.3 is 24.3 Å². The number of aromatic nitrogens is 3. The summed E-state index contributed by atoms with van der Waals surface area (Å²) in [5.74, 6) is -5.09. The number of esters is 2. The molecular formula is C33H48F2N6O5. The molecule has 4 heterocycles. The van der Waals surface area contributed by atoms with Crippen molar-refractivity contribution in [1.29, 1.82) is 0 Å². The van der Waals surface area contributed by atoms with Gasteiger partial charge in [0.2, 0.25) is 5.91 Å². The van der Waals surface area contributed by atoms with Gasteiger partial charge in [-0.25, -0.2) is 18.7 Å². The van der Waals surface area contributed by atoms with Crippen LogP contribution in [0.5, 0.6) is 0 Å². The number of fused-ring (bicyclic) bond motifs is 1. The molecule has 4 atom stereocenters. The summed E-state index contributed by atoms with van der Waals surface area (Å²) < 4.78 is 44.4. The van der Waals surface area contributed by atoms with E-state index in [1.165, 1.54) is 6.33 Å². The van der Waals surface area contributed by atoms with Crippen LogP contribution in [0.1, 0.15) is 73.3 Å². The topological polar surface area (TPSA) is 119 Å². The average Bonchev–Trinajstić information content (AvgIpc) is 3.62. The van der Waals surface area contributed by atoms with Gasteiger partial charge in [-0.1, -0.05) is 41.5 Å². The molecule has 0 aromatic carbocycles. The summed E-state index contributed by atoms with van der Waals surface area (Å²) in [6, 6.07) is 1.28. The van der Waals surface area contributed by atoms with Crippen molar-refractivity contribution in [1.82, 2.24) is 24.3 Å². The highest BCUT2D eigenvalue weighted by molar-refractivity contribution is 5.99. The molecule has 3 fully saturated rings. The molecule has 3 aliphatic rings. The molecule has 2 aromatic rings. The van der Waals surface area contributed by atoms with E-state index in [2.05, 4.69) is 20.2 Å². The molecule has 2 aromatic heterocycles. The zero-order valence-corrected chi connectivity index (χ0v) is 28.0. The van der Waals surface area contributed by atoms with E-state index in [0.717, 1.165) is 13.1 Å². The second kappa shape index (κ2) is 13.1. The van der Waals surface area contributed by atoms with Crippen LogP contribution in [0.3, 0.4) is 0 Å². The molecule has 0 bridgehead atoms. The summed E-state index contributed by atoms with van der Waals surface area (Å²) in [6.07, 6.45) is 2.86. The summed E-state index contributed by atoms with van der Waals surface area (Å²) in [5.41, 5.74) is -0.138. The van der Waals surface area contributed by atoms with E-state index in [4.69, 9.17) is 9.47 Å². The Bertz CT molecular complexity index is 1440. The molecule has 1 saturated carbocycles. The van der Waals surface area contributed by atoms with Gasteiger partial charge in [0, 0.05) is 36.5 Å². The average molecular weight is 647 g/mol. The van der Waals surface area contributed by atoms with Gasteiger partial charge in [-0.2, -0.15) is 0 Å². The van der Waals surface area contributed by atoms with E-state index >= 15 is 8.78 Å². The molecule has 46 heavy (non-hydrogen) atoms. The number of carbonyl (C=O) groups is 3. The third-order valence-electron chi connectivity index (χ3n) is 9.85. The first-order valence-electron chi connectivity index (χ1n) is 16.5. The van der Waals surface area contributed by atoms with Crippen molar-refractivity contribution < 1.29 is 32.6 Å². The number of alkyl halides is 2. The SMILES string of the molecule is CC(C)C(=O)Nc1ncnc2c1ccn2[C@@H]1C[C@H](CN2CC(F)(F)CC23CCN(C)CC3)[C@@H](OC(=O)C(C)C)[C@H]1OC(=O)C(C)C. The van der Waals surface area contributed by atoms with Crippen LogP contribution in [-0.2, 0) is 23.9 Å². The quantitative estimate of drug-likeness (QED) is 0.392. The molecule has 254 valence electrons. The molecule has 1 N–H and O–H groups in total. The lowest BCUT2D eigenvalue weighted by Crippen LogP contribution is -2.53. The Kier molecular flexibility index (Phi) is 9.75. The monoisotopic (exact) mass is 646 g/mol. The van der Waals surface area contributed by atoms with Crippen LogP contribution >= 0.6 is 0 Å². The molecule has 13 heteroatoms. The summed E-state index contributed by atoms with van der Waals surface area (Å²) in [4.78, 5) is 51.7. The van der Waals surface area contributed by atoms with E-state index in [1.54, 1.807) is 53.8 Å². The Morgan fingerprint density at radius 3 is 2.22 bits per heavy atom. The van der Waals surface area contributed by atoms with Crippen molar-refractivity contribution in [2.45, 2.75) is 96.9 Å². The van der Waals surface area contributed by atoms with Gasteiger partial charge in [-0.3, -0.25) is 19.3 Å². The number of ether oxygens (including phenoxy) is 2. The second-order valence-corrected chi connectivity index (χ2v) is 14.4. The maximum Gasteiger partial charge on any atom is 0.308 e. The van der Waals surface area contributed by atoms with E-state index in [-0.39, 0.29) is 31.3 Å². The van der Waals surface area contributed by atoms with Crippen molar-refractivity contribution >= 4 is 34.7 Å². The van der Waals surface area contributed by atoms with Gasteiger partial charge >= 0.3 is 11.9 Å². The number of nitrogens with one attached hydrogen (secondary N) is 1. The molecule has 5 rings (SSSR count). The smallest absolute Gasteiger partial charge is 0.308 e. The van der Waals surface area contributed by atoms with Crippen LogP contribution in [0, 0.1) is 23.7 Å². The number of anilines is 1. The summed E-state index contributed by atoms with van der Waals surface area (Å²) in [6.45, 7) is 11.9. The Labute approximate surface area is 269 Å². The van der Waals surface area contributed by atoms with Crippen molar-refractivity contribution in [3.05, 3.63) is 18.6 Å². The Morgan fingerprint density at radius 1 is 0.978 bits per heavy atom. The molecule has 1 spiro atoms. The molecule has 0 unspecified atom stereocenters. The van der Waals surface area contributed by atoms with E-state index < -0.39 is 59.4 Å².